The maximum absolute atomic E-state index is 11.5. The molecule has 9 heteroatoms. The van der Waals surface area contributed by atoms with Crippen LogP contribution < -0.4 is 4.90 Å². The fraction of sp³-hybridized carbons (Fsp3) is 0.400. The summed E-state index contributed by atoms with van der Waals surface area (Å²) in [7, 11) is 1.23. The van der Waals surface area contributed by atoms with E-state index in [0.29, 0.717) is 19.1 Å². The van der Waals surface area contributed by atoms with E-state index in [-0.39, 0.29) is 17.1 Å². The molecule has 0 amide bonds. The van der Waals surface area contributed by atoms with E-state index in [1.165, 1.54) is 19.4 Å². The third kappa shape index (κ3) is 3.05. The number of hydrogen-bond acceptors (Lipinski definition) is 7. The molecular formula is C15H17N5O4. The topological polar surface area (TPSA) is 103 Å². The van der Waals surface area contributed by atoms with E-state index in [1.807, 2.05) is 11.1 Å². The van der Waals surface area contributed by atoms with E-state index >= 15 is 0 Å². The molecule has 1 saturated heterocycles. The fourth-order valence-corrected chi connectivity index (χ4v) is 2.91. The Morgan fingerprint density at radius 2 is 2.17 bits per heavy atom. The number of pyridine rings is 1. The van der Waals surface area contributed by atoms with Crippen LogP contribution >= 0.6 is 0 Å². The van der Waals surface area contributed by atoms with Crippen molar-refractivity contribution in [1.29, 1.82) is 0 Å². The zero-order chi connectivity index (χ0) is 17.1. The molecule has 9 nitrogen and oxygen atoms in total. The molecule has 126 valence electrons. The molecule has 0 N–H and O–H groups in total. The second kappa shape index (κ2) is 6.65. The molecule has 2 aromatic rings. The van der Waals surface area contributed by atoms with Gasteiger partial charge in [0.15, 0.2) is 0 Å². The minimum absolute atomic E-state index is 0.0706. The van der Waals surface area contributed by atoms with Gasteiger partial charge in [0.05, 0.1) is 23.9 Å². The second-order valence-corrected chi connectivity index (χ2v) is 5.54. The van der Waals surface area contributed by atoms with Crippen molar-refractivity contribution in [2.45, 2.75) is 18.9 Å². The number of carbonyl (C=O) groups excluding carboxylic acids is 1. The lowest BCUT2D eigenvalue weighted by atomic mass is 10.0. The molecule has 1 aliphatic heterocycles. The lowest BCUT2D eigenvalue weighted by Gasteiger charge is -2.33. The van der Waals surface area contributed by atoms with Crippen LogP contribution in [0.4, 0.5) is 11.5 Å². The van der Waals surface area contributed by atoms with Gasteiger partial charge in [0.1, 0.15) is 0 Å². The summed E-state index contributed by atoms with van der Waals surface area (Å²) in [5, 5.41) is 11.4. The van der Waals surface area contributed by atoms with Gasteiger partial charge >= 0.3 is 11.7 Å². The first-order valence-electron chi connectivity index (χ1n) is 7.55. The molecule has 0 saturated carbocycles. The number of aromatic nitrogens is 3. The predicted molar refractivity (Wildman–Crippen MR) is 84.9 cm³/mol. The number of piperidine rings is 1. The Hall–Kier alpha value is -2.97. The van der Waals surface area contributed by atoms with Gasteiger partial charge < -0.3 is 14.2 Å². The van der Waals surface area contributed by atoms with Crippen LogP contribution in [0.5, 0.6) is 0 Å². The van der Waals surface area contributed by atoms with Crippen molar-refractivity contribution in [3.8, 4) is 0 Å². The van der Waals surface area contributed by atoms with E-state index < -0.39 is 10.9 Å². The minimum Gasteiger partial charge on any atom is -0.465 e. The number of ether oxygens (including phenoxy) is 1. The summed E-state index contributed by atoms with van der Waals surface area (Å²) in [6.07, 6.45) is 8.45. The van der Waals surface area contributed by atoms with Crippen molar-refractivity contribution < 1.29 is 14.5 Å². The number of hydrogen-bond donors (Lipinski definition) is 0. The summed E-state index contributed by atoms with van der Waals surface area (Å²) >= 11 is 0. The number of nitro groups is 1. The molecule has 2 aromatic heterocycles. The van der Waals surface area contributed by atoms with Crippen LogP contribution in [0.15, 0.2) is 31.0 Å². The van der Waals surface area contributed by atoms with Crippen LogP contribution in [0.25, 0.3) is 0 Å². The van der Waals surface area contributed by atoms with Crippen LogP contribution in [0.2, 0.25) is 0 Å². The Balaban J connectivity index is 1.79. The summed E-state index contributed by atoms with van der Waals surface area (Å²) in [6.45, 7) is 1.29. The van der Waals surface area contributed by atoms with Crippen LogP contribution in [0, 0.1) is 10.1 Å². The van der Waals surface area contributed by atoms with Crippen LogP contribution in [0.1, 0.15) is 29.2 Å². The highest BCUT2D eigenvalue weighted by Gasteiger charge is 2.28. The Bertz CT molecular complexity index is 738. The SMILES string of the molecule is COC(=O)c1cnc(N2CCC(n3ccnc3)CC2)c([N+](=O)[O-])c1. The molecule has 1 fully saturated rings. The molecule has 1 aliphatic rings. The number of carbonyl (C=O) groups is 1. The average molecular weight is 331 g/mol. The van der Waals surface area contributed by atoms with E-state index in [1.54, 1.807) is 12.5 Å². The maximum atomic E-state index is 11.5. The Labute approximate surface area is 138 Å². The molecule has 0 spiro atoms. The summed E-state index contributed by atoms with van der Waals surface area (Å²) in [5.41, 5.74) is -0.111. The van der Waals surface area contributed by atoms with Gasteiger partial charge in [-0.05, 0) is 12.8 Å². The van der Waals surface area contributed by atoms with Crippen LogP contribution in [0.3, 0.4) is 0 Å². The fourth-order valence-electron chi connectivity index (χ4n) is 2.91. The second-order valence-electron chi connectivity index (χ2n) is 5.54. The zero-order valence-corrected chi connectivity index (χ0v) is 13.2. The number of rotatable bonds is 4. The van der Waals surface area contributed by atoms with Crippen molar-refractivity contribution in [2.24, 2.45) is 0 Å². The molecule has 24 heavy (non-hydrogen) atoms. The Morgan fingerprint density at radius 1 is 1.42 bits per heavy atom. The van der Waals surface area contributed by atoms with E-state index in [4.69, 9.17) is 0 Å². The largest absolute Gasteiger partial charge is 0.465 e. The molecule has 3 heterocycles. The number of imidazole rings is 1. The predicted octanol–water partition coefficient (Wildman–Crippen LogP) is 1.81. The standard InChI is InChI=1S/C15H17N5O4/c1-24-15(21)11-8-13(20(22)23)14(17-9-11)18-5-2-12(3-6-18)19-7-4-16-10-19/h4,7-10,12H,2-3,5-6H2,1H3. The lowest BCUT2D eigenvalue weighted by Crippen LogP contribution is -2.35. The first kappa shape index (κ1) is 15.9. The van der Waals surface area contributed by atoms with Crippen molar-refractivity contribution in [3.63, 3.8) is 0 Å². The number of anilines is 1. The normalized spacial score (nSPS) is 15.3. The summed E-state index contributed by atoms with van der Waals surface area (Å²) in [6, 6.07) is 1.55. The first-order chi connectivity index (χ1) is 11.6. The summed E-state index contributed by atoms with van der Waals surface area (Å²) in [4.78, 5) is 32.5. The number of esters is 1. The third-order valence-corrected chi connectivity index (χ3v) is 4.18. The van der Waals surface area contributed by atoms with E-state index in [0.717, 1.165) is 12.8 Å². The Morgan fingerprint density at radius 3 is 2.75 bits per heavy atom. The van der Waals surface area contributed by atoms with Crippen LogP contribution in [-0.4, -0.2) is 45.6 Å². The van der Waals surface area contributed by atoms with Gasteiger partial charge in [0.25, 0.3) is 0 Å². The molecule has 0 aromatic carbocycles. The van der Waals surface area contributed by atoms with Gasteiger partial charge in [-0.3, -0.25) is 10.1 Å². The van der Waals surface area contributed by atoms with Gasteiger partial charge in [0.2, 0.25) is 5.82 Å². The van der Waals surface area contributed by atoms with Crippen molar-refractivity contribution in [1.82, 2.24) is 14.5 Å². The van der Waals surface area contributed by atoms with Gasteiger partial charge in [-0.1, -0.05) is 0 Å². The molecule has 0 bridgehead atoms. The molecule has 0 aliphatic carbocycles. The molecule has 0 unspecified atom stereocenters. The van der Waals surface area contributed by atoms with Crippen molar-refractivity contribution in [2.75, 3.05) is 25.1 Å². The number of nitrogens with zero attached hydrogens (tertiary/aromatic N) is 5. The minimum atomic E-state index is -0.643. The Kier molecular flexibility index (Phi) is 4.41. The zero-order valence-electron chi connectivity index (χ0n) is 13.2. The van der Waals surface area contributed by atoms with E-state index in [2.05, 4.69) is 19.3 Å². The highest BCUT2D eigenvalue weighted by molar-refractivity contribution is 5.90. The summed E-state index contributed by atoms with van der Waals surface area (Å²) < 4.78 is 6.64. The van der Waals surface area contributed by atoms with Gasteiger partial charge in [0, 0.05) is 43.8 Å². The smallest absolute Gasteiger partial charge is 0.339 e. The van der Waals surface area contributed by atoms with Gasteiger partial charge in [-0.25, -0.2) is 14.8 Å². The first-order valence-corrected chi connectivity index (χ1v) is 7.55. The monoisotopic (exact) mass is 331 g/mol. The molecular weight excluding hydrogens is 314 g/mol. The van der Waals surface area contributed by atoms with Crippen molar-refractivity contribution in [3.05, 3.63) is 46.7 Å². The van der Waals surface area contributed by atoms with Gasteiger partial charge in [-0.15, -0.1) is 0 Å². The van der Waals surface area contributed by atoms with Gasteiger partial charge in [-0.2, -0.15) is 0 Å². The molecule has 0 radical (unpaired) electrons. The molecule has 0 atom stereocenters. The van der Waals surface area contributed by atoms with Crippen LogP contribution in [-0.2, 0) is 4.74 Å². The van der Waals surface area contributed by atoms with Crippen molar-refractivity contribution >= 4 is 17.5 Å². The molecule has 3 rings (SSSR count). The highest BCUT2D eigenvalue weighted by atomic mass is 16.6. The quantitative estimate of drug-likeness (QED) is 0.478. The van der Waals surface area contributed by atoms with E-state index in [9.17, 15) is 14.9 Å². The summed E-state index contributed by atoms with van der Waals surface area (Å²) in [5.74, 6) is -0.354. The average Bonchev–Trinajstić information content (AvgIpc) is 3.15. The number of methoxy groups -OCH3 is 1. The third-order valence-electron chi connectivity index (χ3n) is 4.18. The maximum Gasteiger partial charge on any atom is 0.339 e. The highest BCUT2D eigenvalue weighted by Crippen LogP contribution is 2.31. The lowest BCUT2D eigenvalue weighted by molar-refractivity contribution is -0.384.